The number of nitrogens with zero attached hydrogens (tertiary/aromatic N) is 2. The number of carbonyl (C=O) groups is 1. The molecule has 0 spiro atoms. The number of hydrogen-bond donors (Lipinski definition) is 1. The molecule has 0 fully saturated rings. The minimum Gasteiger partial charge on any atom is -0.454 e. The second kappa shape index (κ2) is 7.55. The summed E-state index contributed by atoms with van der Waals surface area (Å²) in [5.41, 5.74) is 4.65. The highest BCUT2D eigenvalue weighted by molar-refractivity contribution is 5.94. The molecule has 150 valence electrons. The van der Waals surface area contributed by atoms with Gasteiger partial charge in [-0.05, 0) is 42.7 Å². The summed E-state index contributed by atoms with van der Waals surface area (Å²) in [6.07, 6.45) is 2.95. The van der Waals surface area contributed by atoms with Gasteiger partial charge in [-0.25, -0.2) is 4.98 Å². The van der Waals surface area contributed by atoms with Crippen molar-refractivity contribution in [2.24, 2.45) is 0 Å². The molecule has 1 amide bonds. The SMILES string of the molecule is Cc1ccc2nc(-c3ccccc3)c(NC(=O)CCc3ccc4c(c3)OCO4)n2c1. The lowest BCUT2D eigenvalue weighted by molar-refractivity contribution is -0.116. The quantitative estimate of drug-likeness (QED) is 0.532. The Hall–Kier alpha value is -3.80. The number of nitrogens with one attached hydrogen (secondary N) is 1. The Bertz CT molecular complexity index is 1230. The number of hydrogen-bond acceptors (Lipinski definition) is 4. The summed E-state index contributed by atoms with van der Waals surface area (Å²) in [6, 6.07) is 19.7. The van der Waals surface area contributed by atoms with E-state index in [2.05, 4.69) is 5.32 Å². The molecular weight excluding hydrogens is 378 g/mol. The van der Waals surface area contributed by atoms with E-state index in [1.807, 2.05) is 78.2 Å². The summed E-state index contributed by atoms with van der Waals surface area (Å²) in [6.45, 7) is 2.27. The second-order valence-electron chi connectivity index (χ2n) is 7.35. The lowest BCUT2D eigenvalue weighted by Crippen LogP contribution is -2.14. The Labute approximate surface area is 174 Å². The van der Waals surface area contributed by atoms with Crippen LogP contribution < -0.4 is 14.8 Å². The highest BCUT2D eigenvalue weighted by Gasteiger charge is 2.17. The van der Waals surface area contributed by atoms with Crippen molar-refractivity contribution >= 4 is 17.4 Å². The summed E-state index contributed by atoms with van der Waals surface area (Å²) in [7, 11) is 0. The van der Waals surface area contributed by atoms with Crippen LogP contribution in [0.3, 0.4) is 0 Å². The maximum absolute atomic E-state index is 12.8. The molecule has 2 aromatic carbocycles. The number of imidazole rings is 1. The maximum Gasteiger partial charge on any atom is 0.231 e. The molecule has 4 aromatic rings. The lowest BCUT2D eigenvalue weighted by Gasteiger charge is -2.09. The minimum atomic E-state index is -0.0619. The Morgan fingerprint density at radius 2 is 1.90 bits per heavy atom. The Morgan fingerprint density at radius 1 is 1.07 bits per heavy atom. The number of rotatable bonds is 5. The molecule has 0 bridgehead atoms. The summed E-state index contributed by atoms with van der Waals surface area (Å²) in [4.78, 5) is 17.6. The zero-order valence-electron chi connectivity index (χ0n) is 16.6. The van der Waals surface area contributed by atoms with E-state index in [1.54, 1.807) is 0 Å². The molecule has 2 aromatic heterocycles. The molecule has 5 rings (SSSR count). The number of aryl methyl sites for hydroxylation is 2. The Kier molecular flexibility index (Phi) is 4.59. The predicted octanol–water partition coefficient (Wildman–Crippen LogP) is 4.61. The van der Waals surface area contributed by atoms with E-state index >= 15 is 0 Å². The average Bonchev–Trinajstić information content (AvgIpc) is 3.37. The molecule has 0 saturated heterocycles. The van der Waals surface area contributed by atoms with Gasteiger partial charge < -0.3 is 14.8 Å². The number of amides is 1. The molecule has 0 atom stereocenters. The van der Waals surface area contributed by atoms with Crippen molar-refractivity contribution in [1.82, 2.24) is 9.38 Å². The van der Waals surface area contributed by atoms with Crippen LogP contribution in [-0.2, 0) is 11.2 Å². The molecule has 1 aliphatic heterocycles. The number of pyridine rings is 1. The normalized spacial score (nSPS) is 12.3. The molecule has 6 nitrogen and oxygen atoms in total. The van der Waals surface area contributed by atoms with E-state index in [4.69, 9.17) is 14.5 Å². The molecule has 3 heterocycles. The highest BCUT2D eigenvalue weighted by Crippen LogP contribution is 2.33. The first-order chi connectivity index (χ1) is 14.7. The standard InChI is InChI=1S/C24H21N3O3/c1-16-7-11-21-25-23(18-5-3-2-4-6-18)24(27(21)14-16)26-22(28)12-9-17-8-10-19-20(13-17)30-15-29-19/h2-8,10-11,13-14H,9,12,15H2,1H3,(H,26,28). The topological polar surface area (TPSA) is 64.9 Å². The van der Waals surface area contributed by atoms with Crippen LogP contribution >= 0.6 is 0 Å². The van der Waals surface area contributed by atoms with Gasteiger partial charge >= 0.3 is 0 Å². The molecular formula is C24H21N3O3. The second-order valence-corrected chi connectivity index (χ2v) is 7.35. The van der Waals surface area contributed by atoms with E-state index < -0.39 is 0 Å². The Balaban J connectivity index is 1.40. The fourth-order valence-electron chi connectivity index (χ4n) is 3.62. The first-order valence-corrected chi connectivity index (χ1v) is 9.90. The molecule has 0 radical (unpaired) electrons. The van der Waals surface area contributed by atoms with Gasteiger partial charge in [-0.1, -0.05) is 42.5 Å². The van der Waals surface area contributed by atoms with Crippen molar-refractivity contribution < 1.29 is 14.3 Å². The van der Waals surface area contributed by atoms with Crippen molar-refractivity contribution in [3.63, 3.8) is 0 Å². The smallest absolute Gasteiger partial charge is 0.231 e. The molecule has 30 heavy (non-hydrogen) atoms. The zero-order chi connectivity index (χ0) is 20.5. The van der Waals surface area contributed by atoms with Gasteiger partial charge in [0.15, 0.2) is 11.5 Å². The van der Waals surface area contributed by atoms with Crippen LogP contribution in [0.25, 0.3) is 16.9 Å². The van der Waals surface area contributed by atoms with Crippen LogP contribution in [0.4, 0.5) is 5.82 Å². The molecule has 0 saturated carbocycles. The fraction of sp³-hybridized carbons (Fsp3) is 0.167. The van der Waals surface area contributed by atoms with Crippen molar-refractivity contribution in [3.8, 4) is 22.8 Å². The minimum absolute atomic E-state index is 0.0619. The highest BCUT2D eigenvalue weighted by atomic mass is 16.7. The number of carbonyl (C=O) groups excluding carboxylic acids is 1. The van der Waals surface area contributed by atoms with E-state index in [9.17, 15) is 4.79 Å². The third-order valence-electron chi connectivity index (χ3n) is 5.15. The van der Waals surface area contributed by atoms with Gasteiger partial charge in [0.2, 0.25) is 12.7 Å². The Morgan fingerprint density at radius 3 is 2.77 bits per heavy atom. The number of ether oxygens (including phenoxy) is 2. The number of benzene rings is 2. The van der Waals surface area contributed by atoms with Gasteiger partial charge in [0, 0.05) is 18.2 Å². The molecule has 1 N–H and O–H groups in total. The number of anilines is 1. The maximum atomic E-state index is 12.8. The zero-order valence-corrected chi connectivity index (χ0v) is 16.6. The van der Waals surface area contributed by atoms with Gasteiger partial charge in [0.25, 0.3) is 0 Å². The van der Waals surface area contributed by atoms with E-state index in [0.29, 0.717) is 18.7 Å². The van der Waals surface area contributed by atoms with E-state index in [-0.39, 0.29) is 12.7 Å². The third kappa shape index (κ3) is 3.48. The van der Waals surface area contributed by atoms with E-state index in [0.717, 1.165) is 39.5 Å². The van der Waals surface area contributed by atoms with Gasteiger partial charge in [0.1, 0.15) is 17.2 Å². The summed E-state index contributed by atoms with van der Waals surface area (Å²) in [5.74, 6) is 2.11. The molecule has 6 heteroatoms. The predicted molar refractivity (Wildman–Crippen MR) is 115 cm³/mol. The number of aromatic nitrogens is 2. The van der Waals surface area contributed by atoms with Crippen LogP contribution in [0.15, 0.2) is 66.9 Å². The first-order valence-electron chi connectivity index (χ1n) is 9.90. The van der Waals surface area contributed by atoms with Crippen LogP contribution in [-0.4, -0.2) is 22.1 Å². The van der Waals surface area contributed by atoms with Crippen LogP contribution in [0.1, 0.15) is 17.5 Å². The van der Waals surface area contributed by atoms with Crippen LogP contribution in [0.5, 0.6) is 11.5 Å². The third-order valence-corrected chi connectivity index (χ3v) is 5.15. The monoisotopic (exact) mass is 399 g/mol. The fourth-order valence-corrected chi connectivity index (χ4v) is 3.62. The molecule has 1 aliphatic rings. The summed E-state index contributed by atoms with van der Waals surface area (Å²) >= 11 is 0. The van der Waals surface area contributed by atoms with Crippen LogP contribution in [0.2, 0.25) is 0 Å². The average molecular weight is 399 g/mol. The van der Waals surface area contributed by atoms with Gasteiger partial charge in [-0.2, -0.15) is 0 Å². The molecule has 0 aliphatic carbocycles. The largest absolute Gasteiger partial charge is 0.454 e. The summed E-state index contributed by atoms with van der Waals surface area (Å²) in [5, 5.41) is 3.09. The van der Waals surface area contributed by atoms with Gasteiger partial charge in [-0.3, -0.25) is 9.20 Å². The molecule has 0 unspecified atom stereocenters. The van der Waals surface area contributed by atoms with Crippen molar-refractivity contribution in [3.05, 3.63) is 78.0 Å². The number of fused-ring (bicyclic) bond motifs is 2. The lowest BCUT2D eigenvalue weighted by atomic mass is 10.1. The van der Waals surface area contributed by atoms with Crippen molar-refractivity contribution in [1.29, 1.82) is 0 Å². The summed E-state index contributed by atoms with van der Waals surface area (Å²) < 4.78 is 12.7. The van der Waals surface area contributed by atoms with Crippen LogP contribution in [0, 0.1) is 6.92 Å². The van der Waals surface area contributed by atoms with Crippen molar-refractivity contribution in [2.45, 2.75) is 19.8 Å². The van der Waals surface area contributed by atoms with Crippen molar-refractivity contribution in [2.75, 3.05) is 12.1 Å². The van der Waals surface area contributed by atoms with Gasteiger partial charge in [0.05, 0.1) is 0 Å². The first kappa shape index (κ1) is 18.2. The van der Waals surface area contributed by atoms with E-state index in [1.165, 1.54) is 0 Å². The van der Waals surface area contributed by atoms with Gasteiger partial charge in [-0.15, -0.1) is 0 Å².